The second kappa shape index (κ2) is 2.73. The van der Waals surface area contributed by atoms with Gasteiger partial charge in [-0.2, -0.15) is 0 Å². The summed E-state index contributed by atoms with van der Waals surface area (Å²) in [5.41, 5.74) is 6.68. The van der Waals surface area contributed by atoms with Crippen LogP contribution in [-0.4, -0.2) is 0 Å². The van der Waals surface area contributed by atoms with Gasteiger partial charge in [-0.3, -0.25) is 0 Å². The van der Waals surface area contributed by atoms with Crippen LogP contribution in [0.15, 0.2) is 18.2 Å². The van der Waals surface area contributed by atoms with Gasteiger partial charge in [0.1, 0.15) is 0 Å². The fourth-order valence-electron chi connectivity index (χ4n) is 0.914. The topological polar surface area (TPSA) is 26.0 Å². The van der Waals surface area contributed by atoms with E-state index in [1.165, 1.54) is 12.1 Å². The average Bonchev–Trinajstić information content (AvgIpc) is 1.92. The van der Waals surface area contributed by atoms with Gasteiger partial charge in [0.05, 0.1) is 0 Å². The van der Waals surface area contributed by atoms with Crippen molar-refractivity contribution in [1.82, 2.24) is 0 Å². The van der Waals surface area contributed by atoms with E-state index in [-0.39, 0.29) is 5.56 Å². The highest BCUT2D eigenvalue weighted by molar-refractivity contribution is 5.49. The van der Waals surface area contributed by atoms with Crippen LogP contribution in [0, 0.1) is 6.92 Å². The van der Waals surface area contributed by atoms with Crippen LogP contribution in [-0.2, 0) is 5.92 Å². The first-order valence-corrected chi connectivity index (χ1v) is 3.65. The van der Waals surface area contributed by atoms with Gasteiger partial charge in [0.25, 0.3) is 5.92 Å². The molecule has 2 N–H and O–H groups in total. The predicted octanol–water partition coefficient (Wildman–Crippen LogP) is 2.69. The standard InChI is InChI=1S/C9H11F2N/c1-6-3-4-7(5-8(6)12)9(2,10)11/h3-5H,12H2,1-2H3. The summed E-state index contributed by atoms with van der Waals surface area (Å²) in [6.07, 6.45) is 0. The molecule has 0 atom stereocenters. The number of aryl methyl sites for hydroxylation is 1. The molecule has 0 aliphatic carbocycles. The molecule has 0 heterocycles. The zero-order valence-electron chi connectivity index (χ0n) is 7.07. The Morgan fingerprint density at radius 3 is 2.33 bits per heavy atom. The number of halogens is 2. The number of alkyl halides is 2. The van der Waals surface area contributed by atoms with E-state index in [2.05, 4.69) is 0 Å². The normalized spacial score (nSPS) is 11.7. The summed E-state index contributed by atoms with van der Waals surface area (Å²) >= 11 is 0. The first kappa shape index (κ1) is 8.97. The molecule has 66 valence electrons. The third-order valence-electron chi connectivity index (χ3n) is 1.79. The van der Waals surface area contributed by atoms with Gasteiger partial charge >= 0.3 is 0 Å². The van der Waals surface area contributed by atoms with Gasteiger partial charge in [-0.25, -0.2) is 8.78 Å². The van der Waals surface area contributed by atoms with Crippen LogP contribution in [0.2, 0.25) is 0 Å². The van der Waals surface area contributed by atoms with Gasteiger partial charge in [-0.1, -0.05) is 12.1 Å². The van der Waals surface area contributed by atoms with Crippen LogP contribution in [0.3, 0.4) is 0 Å². The number of anilines is 1. The maximum absolute atomic E-state index is 12.7. The SMILES string of the molecule is Cc1ccc(C(C)(F)F)cc1N. The first-order valence-electron chi connectivity index (χ1n) is 3.65. The van der Waals surface area contributed by atoms with Crippen molar-refractivity contribution in [3.05, 3.63) is 29.3 Å². The van der Waals surface area contributed by atoms with E-state index < -0.39 is 5.92 Å². The molecule has 1 aromatic carbocycles. The number of benzene rings is 1. The van der Waals surface area contributed by atoms with Gasteiger partial charge in [0.2, 0.25) is 0 Å². The molecule has 0 unspecified atom stereocenters. The van der Waals surface area contributed by atoms with E-state index in [9.17, 15) is 8.78 Å². The summed E-state index contributed by atoms with van der Waals surface area (Å²) < 4.78 is 25.4. The molecule has 1 rings (SSSR count). The van der Waals surface area contributed by atoms with Crippen molar-refractivity contribution >= 4 is 5.69 Å². The highest BCUT2D eigenvalue weighted by Gasteiger charge is 2.24. The van der Waals surface area contributed by atoms with Crippen molar-refractivity contribution in [3.63, 3.8) is 0 Å². The van der Waals surface area contributed by atoms with Gasteiger partial charge in [0, 0.05) is 18.2 Å². The molecule has 0 saturated heterocycles. The monoisotopic (exact) mass is 171 g/mol. The fourth-order valence-corrected chi connectivity index (χ4v) is 0.914. The maximum Gasteiger partial charge on any atom is 0.270 e. The predicted molar refractivity (Wildman–Crippen MR) is 45.2 cm³/mol. The van der Waals surface area contributed by atoms with Crippen LogP contribution in [0.1, 0.15) is 18.1 Å². The second-order valence-corrected chi connectivity index (χ2v) is 2.96. The minimum atomic E-state index is -2.80. The Morgan fingerprint density at radius 2 is 1.92 bits per heavy atom. The van der Waals surface area contributed by atoms with E-state index in [0.717, 1.165) is 12.5 Å². The van der Waals surface area contributed by atoms with Gasteiger partial charge in [-0.15, -0.1) is 0 Å². The number of hydrogen-bond donors (Lipinski definition) is 1. The Labute approximate surface area is 70.2 Å². The lowest BCUT2D eigenvalue weighted by atomic mass is 10.1. The van der Waals surface area contributed by atoms with Crippen molar-refractivity contribution in [3.8, 4) is 0 Å². The average molecular weight is 171 g/mol. The number of nitrogens with two attached hydrogens (primary N) is 1. The molecular formula is C9H11F2N. The van der Waals surface area contributed by atoms with Gasteiger partial charge in [0.15, 0.2) is 0 Å². The molecule has 1 nitrogen and oxygen atoms in total. The van der Waals surface area contributed by atoms with Crippen molar-refractivity contribution in [2.24, 2.45) is 0 Å². The summed E-state index contributed by atoms with van der Waals surface area (Å²) in [5, 5.41) is 0. The van der Waals surface area contributed by atoms with Gasteiger partial charge < -0.3 is 5.73 Å². The highest BCUT2D eigenvalue weighted by Crippen LogP contribution is 2.28. The minimum absolute atomic E-state index is 0.0365. The minimum Gasteiger partial charge on any atom is -0.399 e. The van der Waals surface area contributed by atoms with Crippen molar-refractivity contribution in [1.29, 1.82) is 0 Å². The van der Waals surface area contributed by atoms with E-state index in [0.29, 0.717) is 5.69 Å². The fraction of sp³-hybridized carbons (Fsp3) is 0.333. The highest BCUT2D eigenvalue weighted by atomic mass is 19.3. The zero-order chi connectivity index (χ0) is 9.35. The quantitative estimate of drug-likeness (QED) is 0.646. The molecule has 0 aliphatic rings. The Hall–Kier alpha value is -1.12. The first-order chi connectivity index (χ1) is 5.41. The molecule has 0 amide bonds. The lowest BCUT2D eigenvalue weighted by Gasteiger charge is -2.11. The van der Waals surface area contributed by atoms with Crippen molar-refractivity contribution in [2.75, 3.05) is 5.73 Å². The largest absolute Gasteiger partial charge is 0.399 e. The van der Waals surface area contributed by atoms with E-state index >= 15 is 0 Å². The third-order valence-corrected chi connectivity index (χ3v) is 1.79. The zero-order valence-corrected chi connectivity index (χ0v) is 7.07. The van der Waals surface area contributed by atoms with Gasteiger partial charge in [-0.05, 0) is 18.6 Å². The number of nitrogen functional groups attached to an aromatic ring is 1. The molecule has 0 saturated carbocycles. The Morgan fingerprint density at radius 1 is 1.33 bits per heavy atom. The third kappa shape index (κ3) is 1.72. The van der Waals surface area contributed by atoms with E-state index in [1.807, 2.05) is 0 Å². The summed E-state index contributed by atoms with van der Waals surface area (Å²) in [7, 11) is 0. The summed E-state index contributed by atoms with van der Waals surface area (Å²) in [4.78, 5) is 0. The van der Waals surface area contributed by atoms with E-state index in [1.54, 1.807) is 13.0 Å². The molecule has 12 heavy (non-hydrogen) atoms. The van der Waals surface area contributed by atoms with Crippen LogP contribution >= 0.6 is 0 Å². The molecule has 3 heteroatoms. The van der Waals surface area contributed by atoms with Crippen LogP contribution in [0.5, 0.6) is 0 Å². The van der Waals surface area contributed by atoms with Crippen LogP contribution in [0.25, 0.3) is 0 Å². The lowest BCUT2D eigenvalue weighted by molar-refractivity contribution is 0.0175. The Bertz CT molecular complexity index is 289. The van der Waals surface area contributed by atoms with Crippen molar-refractivity contribution < 1.29 is 8.78 Å². The number of rotatable bonds is 1. The molecule has 0 aliphatic heterocycles. The van der Waals surface area contributed by atoms with Crippen molar-refractivity contribution in [2.45, 2.75) is 19.8 Å². The smallest absolute Gasteiger partial charge is 0.270 e. The number of hydrogen-bond acceptors (Lipinski definition) is 1. The molecule has 0 aromatic heterocycles. The molecule has 0 radical (unpaired) electrons. The molecule has 0 spiro atoms. The Kier molecular flexibility index (Phi) is 2.04. The maximum atomic E-state index is 12.7. The van der Waals surface area contributed by atoms with E-state index in [4.69, 9.17) is 5.73 Å². The Balaban J connectivity index is 3.14. The van der Waals surface area contributed by atoms with Crippen LogP contribution in [0.4, 0.5) is 14.5 Å². The molecule has 1 aromatic rings. The van der Waals surface area contributed by atoms with Crippen LogP contribution < -0.4 is 5.73 Å². The molecule has 0 fully saturated rings. The second-order valence-electron chi connectivity index (χ2n) is 2.96. The summed E-state index contributed by atoms with van der Waals surface area (Å²) in [6, 6.07) is 4.31. The molecule has 0 bridgehead atoms. The lowest BCUT2D eigenvalue weighted by Crippen LogP contribution is -2.07. The molecular weight excluding hydrogens is 160 g/mol. The summed E-state index contributed by atoms with van der Waals surface area (Å²) in [6.45, 7) is 2.64. The summed E-state index contributed by atoms with van der Waals surface area (Å²) in [5.74, 6) is -2.80.